The first-order valence-electron chi connectivity index (χ1n) is 6.10. The first-order valence-corrected chi connectivity index (χ1v) is 6.10. The molecular formula is C14H18N4. The van der Waals surface area contributed by atoms with Gasteiger partial charge in [0, 0.05) is 18.3 Å². The van der Waals surface area contributed by atoms with Gasteiger partial charge in [0.05, 0.1) is 0 Å². The Morgan fingerprint density at radius 1 is 1.06 bits per heavy atom. The van der Waals surface area contributed by atoms with Gasteiger partial charge in [0.2, 0.25) is 0 Å². The standard InChI is InChI=1S/C14H18N4/c1-4-15-13-9-14(17-11(3)16-13)18-12-7-5-6-10(2)8-12/h5-9H,4H2,1-3H3,(H2,15,16,17,18). The van der Waals surface area contributed by atoms with Crippen molar-refractivity contribution in [3.8, 4) is 0 Å². The molecule has 4 nitrogen and oxygen atoms in total. The summed E-state index contributed by atoms with van der Waals surface area (Å²) in [5.74, 6) is 2.41. The molecular weight excluding hydrogens is 224 g/mol. The van der Waals surface area contributed by atoms with E-state index in [9.17, 15) is 0 Å². The zero-order valence-electron chi connectivity index (χ0n) is 11.0. The minimum absolute atomic E-state index is 0.753. The number of aryl methyl sites for hydroxylation is 2. The fourth-order valence-corrected chi connectivity index (χ4v) is 1.77. The van der Waals surface area contributed by atoms with Crippen molar-refractivity contribution in [2.45, 2.75) is 20.8 Å². The lowest BCUT2D eigenvalue weighted by molar-refractivity contribution is 1.04. The van der Waals surface area contributed by atoms with E-state index in [2.05, 4.69) is 39.7 Å². The van der Waals surface area contributed by atoms with Crippen molar-refractivity contribution < 1.29 is 0 Å². The molecule has 0 aliphatic carbocycles. The molecule has 0 saturated carbocycles. The Morgan fingerprint density at radius 3 is 2.56 bits per heavy atom. The van der Waals surface area contributed by atoms with Crippen molar-refractivity contribution >= 4 is 17.3 Å². The summed E-state index contributed by atoms with van der Waals surface area (Å²) in [4.78, 5) is 8.70. The molecule has 18 heavy (non-hydrogen) atoms. The third-order valence-corrected chi connectivity index (χ3v) is 2.49. The predicted octanol–water partition coefficient (Wildman–Crippen LogP) is 3.27. The molecule has 0 spiro atoms. The number of aromatic nitrogens is 2. The van der Waals surface area contributed by atoms with Gasteiger partial charge < -0.3 is 10.6 Å². The van der Waals surface area contributed by atoms with Crippen molar-refractivity contribution in [2.24, 2.45) is 0 Å². The van der Waals surface area contributed by atoms with E-state index in [1.165, 1.54) is 5.56 Å². The van der Waals surface area contributed by atoms with Crippen molar-refractivity contribution in [1.29, 1.82) is 0 Å². The van der Waals surface area contributed by atoms with Crippen LogP contribution in [0, 0.1) is 13.8 Å². The summed E-state index contributed by atoms with van der Waals surface area (Å²) in [6.45, 7) is 6.86. The van der Waals surface area contributed by atoms with Gasteiger partial charge in [-0.3, -0.25) is 0 Å². The zero-order chi connectivity index (χ0) is 13.0. The maximum absolute atomic E-state index is 4.38. The zero-order valence-corrected chi connectivity index (χ0v) is 11.0. The van der Waals surface area contributed by atoms with Crippen LogP contribution in [0.1, 0.15) is 18.3 Å². The summed E-state index contributed by atoms with van der Waals surface area (Å²) in [7, 11) is 0. The Morgan fingerprint density at radius 2 is 1.83 bits per heavy atom. The Labute approximate surface area is 107 Å². The van der Waals surface area contributed by atoms with E-state index in [0.29, 0.717) is 0 Å². The van der Waals surface area contributed by atoms with E-state index in [-0.39, 0.29) is 0 Å². The molecule has 2 aromatic rings. The summed E-state index contributed by atoms with van der Waals surface area (Å²) in [6, 6.07) is 10.1. The lowest BCUT2D eigenvalue weighted by Gasteiger charge is -2.09. The maximum atomic E-state index is 4.38. The van der Waals surface area contributed by atoms with E-state index >= 15 is 0 Å². The van der Waals surface area contributed by atoms with E-state index in [1.807, 2.05) is 32.0 Å². The average Bonchev–Trinajstić information content (AvgIpc) is 2.28. The van der Waals surface area contributed by atoms with Crippen LogP contribution in [-0.2, 0) is 0 Å². The first kappa shape index (κ1) is 12.4. The molecule has 94 valence electrons. The van der Waals surface area contributed by atoms with Gasteiger partial charge >= 0.3 is 0 Å². The first-order chi connectivity index (χ1) is 8.67. The van der Waals surface area contributed by atoms with Crippen LogP contribution in [0.5, 0.6) is 0 Å². The number of rotatable bonds is 4. The SMILES string of the molecule is CCNc1cc(Nc2cccc(C)c2)nc(C)n1. The molecule has 0 bridgehead atoms. The molecule has 1 heterocycles. The summed E-state index contributed by atoms with van der Waals surface area (Å²) in [5.41, 5.74) is 2.26. The molecule has 1 aromatic carbocycles. The van der Waals surface area contributed by atoms with Crippen molar-refractivity contribution in [2.75, 3.05) is 17.2 Å². The maximum Gasteiger partial charge on any atom is 0.136 e. The average molecular weight is 242 g/mol. The molecule has 0 saturated heterocycles. The fraction of sp³-hybridized carbons (Fsp3) is 0.286. The Kier molecular flexibility index (Phi) is 3.77. The quantitative estimate of drug-likeness (QED) is 0.864. The topological polar surface area (TPSA) is 49.8 Å². The molecule has 0 radical (unpaired) electrons. The minimum atomic E-state index is 0.753. The number of hydrogen-bond donors (Lipinski definition) is 2. The van der Waals surface area contributed by atoms with E-state index in [1.54, 1.807) is 0 Å². The van der Waals surface area contributed by atoms with Gasteiger partial charge in [-0.25, -0.2) is 9.97 Å². The predicted molar refractivity (Wildman–Crippen MR) is 75.4 cm³/mol. The van der Waals surface area contributed by atoms with Gasteiger partial charge in [-0.15, -0.1) is 0 Å². The van der Waals surface area contributed by atoms with Crippen molar-refractivity contribution in [1.82, 2.24) is 9.97 Å². The van der Waals surface area contributed by atoms with E-state index in [0.717, 1.165) is 29.7 Å². The Bertz CT molecular complexity index is 537. The molecule has 0 atom stereocenters. The summed E-state index contributed by atoms with van der Waals surface area (Å²) < 4.78 is 0. The monoisotopic (exact) mass is 242 g/mol. The number of nitrogens with zero attached hydrogens (tertiary/aromatic N) is 2. The second-order valence-corrected chi connectivity index (χ2v) is 4.21. The smallest absolute Gasteiger partial charge is 0.136 e. The highest BCUT2D eigenvalue weighted by atomic mass is 15.1. The second-order valence-electron chi connectivity index (χ2n) is 4.21. The second kappa shape index (κ2) is 5.49. The van der Waals surface area contributed by atoms with E-state index in [4.69, 9.17) is 0 Å². The highest BCUT2D eigenvalue weighted by molar-refractivity contribution is 5.59. The molecule has 1 aromatic heterocycles. The third kappa shape index (κ3) is 3.20. The number of hydrogen-bond acceptors (Lipinski definition) is 4. The molecule has 0 amide bonds. The Hall–Kier alpha value is -2.10. The van der Waals surface area contributed by atoms with Crippen LogP contribution in [0.4, 0.5) is 17.3 Å². The van der Waals surface area contributed by atoms with Gasteiger partial charge in [-0.1, -0.05) is 12.1 Å². The normalized spacial score (nSPS) is 10.2. The molecule has 4 heteroatoms. The largest absolute Gasteiger partial charge is 0.370 e. The number of anilines is 3. The van der Waals surface area contributed by atoms with Crippen LogP contribution in [0.25, 0.3) is 0 Å². The van der Waals surface area contributed by atoms with Gasteiger partial charge in [0.1, 0.15) is 17.5 Å². The highest BCUT2D eigenvalue weighted by Gasteiger charge is 2.01. The van der Waals surface area contributed by atoms with Crippen LogP contribution < -0.4 is 10.6 Å². The van der Waals surface area contributed by atoms with Gasteiger partial charge in [0.25, 0.3) is 0 Å². The lowest BCUT2D eigenvalue weighted by atomic mass is 10.2. The third-order valence-electron chi connectivity index (χ3n) is 2.49. The molecule has 2 N–H and O–H groups in total. The van der Waals surface area contributed by atoms with E-state index < -0.39 is 0 Å². The summed E-state index contributed by atoms with van der Waals surface area (Å²) in [6.07, 6.45) is 0. The number of nitrogens with one attached hydrogen (secondary N) is 2. The lowest BCUT2D eigenvalue weighted by Crippen LogP contribution is -2.04. The minimum Gasteiger partial charge on any atom is -0.370 e. The van der Waals surface area contributed by atoms with Gasteiger partial charge in [-0.05, 0) is 38.5 Å². The van der Waals surface area contributed by atoms with Crippen molar-refractivity contribution in [3.63, 3.8) is 0 Å². The van der Waals surface area contributed by atoms with Crippen molar-refractivity contribution in [3.05, 3.63) is 41.7 Å². The molecule has 0 aliphatic rings. The molecule has 0 fully saturated rings. The van der Waals surface area contributed by atoms with Crippen LogP contribution in [0.2, 0.25) is 0 Å². The fourth-order valence-electron chi connectivity index (χ4n) is 1.77. The molecule has 2 rings (SSSR count). The van der Waals surface area contributed by atoms with Gasteiger partial charge in [-0.2, -0.15) is 0 Å². The molecule has 0 unspecified atom stereocenters. The van der Waals surface area contributed by atoms with Crippen LogP contribution in [0.3, 0.4) is 0 Å². The summed E-state index contributed by atoms with van der Waals surface area (Å²) >= 11 is 0. The van der Waals surface area contributed by atoms with Crippen LogP contribution in [-0.4, -0.2) is 16.5 Å². The van der Waals surface area contributed by atoms with Gasteiger partial charge in [0.15, 0.2) is 0 Å². The summed E-state index contributed by atoms with van der Waals surface area (Å²) in [5, 5.41) is 6.49. The Balaban J connectivity index is 2.23. The van der Waals surface area contributed by atoms with Crippen LogP contribution >= 0.6 is 0 Å². The number of benzene rings is 1. The van der Waals surface area contributed by atoms with Crippen LogP contribution in [0.15, 0.2) is 30.3 Å². The molecule has 0 aliphatic heterocycles. The highest BCUT2D eigenvalue weighted by Crippen LogP contribution is 2.18.